The number of carbonyl (C=O) groups is 2. The summed E-state index contributed by atoms with van der Waals surface area (Å²) in [5, 5.41) is 3.03. The van der Waals surface area contributed by atoms with Crippen molar-refractivity contribution in [3.05, 3.63) is 34.9 Å². The van der Waals surface area contributed by atoms with Crippen LogP contribution in [0.1, 0.15) is 47.2 Å². The molecule has 0 bridgehead atoms. The fraction of sp³-hybridized carbons (Fsp3) is 0.467. The van der Waals surface area contributed by atoms with Gasteiger partial charge in [-0.1, -0.05) is 12.1 Å². The van der Waals surface area contributed by atoms with E-state index in [0.717, 1.165) is 29.5 Å². The lowest BCUT2D eigenvalue weighted by atomic mass is 9.94. The number of hydrogen-bond acceptors (Lipinski definition) is 2. The number of amides is 1. The molecule has 0 saturated heterocycles. The Morgan fingerprint density at radius 3 is 2.56 bits per heavy atom. The first kappa shape index (κ1) is 12.8. The van der Waals surface area contributed by atoms with Gasteiger partial charge in [0.05, 0.1) is 0 Å². The van der Waals surface area contributed by atoms with Gasteiger partial charge >= 0.3 is 0 Å². The number of Topliss-reactive ketones (excluding diaryl/α,β-unsaturated/α-hetero) is 1. The molecule has 0 spiro atoms. The molecule has 1 fully saturated rings. The topological polar surface area (TPSA) is 46.2 Å². The monoisotopic (exact) mass is 245 g/mol. The first-order valence-corrected chi connectivity index (χ1v) is 6.46. The smallest absolute Gasteiger partial charge is 0.251 e. The second-order valence-corrected chi connectivity index (χ2v) is 5.03. The first-order chi connectivity index (χ1) is 8.58. The molecule has 18 heavy (non-hydrogen) atoms. The minimum atomic E-state index is -0.0180. The number of carbonyl (C=O) groups excluding carboxylic acids is 2. The highest BCUT2D eigenvalue weighted by molar-refractivity contribution is 5.96. The highest BCUT2D eigenvalue weighted by atomic mass is 16.1. The molecular weight excluding hydrogens is 226 g/mol. The minimum absolute atomic E-state index is 0.0180. The van der Waals surface area contributed by atoms with Crippen LogP contribution in [0.3, 0.4) is 0 Å². The number of benzene rings is 1. The fourth-order valence-electron chi connectivity index (χ4n) is 2.34. The van der Waals surface area contributed by atoms with Crippen LogP contribution in [0.15, 0.2) is 18.2 Å². The van der Waals surface area contributed by atoms with Crippen molar-refractivity contribution in [1.29, 1.82) is 0 Å². The summed E-state index contributed by atoms with van der Waals surface area (Å²) in [7, 11) is 0. The summed E-state index contributed by atoms with van der Waals surface area (Å²) in [5.41, 5.74) is 2.90. The summed E-state index contributed by atoms with van der Waals surface area (Å²) in [6.45, 7) is 3.97. The number of hydrogen-bond donors (Lipinski definition) is 1. The molecule has 3 heteroatoms. The maximum atomic E-state index is 12.2. The van der Waals surface area contributed by atoms with Gasteiger partial charge in [-0.25, -0.2) is 0 Å². The molecule has 96 valence electrons. The van der Waals surface area contributed by atoms with E-state index in [-0.39, 0.29) is 11.9 Å². The van der Waals surface area contributed by atoms with Gasteiger partial charge in [-0.3, -0.25) is 9.59 Å². The summed E-state index contributed by atoms with van der Waals surface area (Å²) in [5.74, 6) is 0.294. The number of aryl methyl sites for hydroxylation is 1. The molecule has 0 unspecified atom stereocenters. The second kappa shape index (κ2) is 5.34. The Bertz CT molecular complexity index is 469. The molecule has 1 aromatic rings. The van der Waals surface area contributed by atoms with Crippen molar-refractivity contribution in [2.24, 2.45) is 0 Å². The number of nitrogens with one attached hydrogen (secondary N) is 1. The number of ketones is 1. The van der Waals surface area contributed by atoms with Gasteiger partial charge < -0.3 is 5.32 Å². The van der Waals surface area contributed by atoms with Crippen LogP contribution < -0.4 is 5.32 Å². The summed E-state index contributed by atoms with van der Waals surface area (Å²) in [6.07, 6.45) is 2.74. The summed E-state index contributed by atoms with van der Waals surface area (Å²) in [4.78, 5) is 23.3. The SMILES string of the molecule is Cc1cccc(C(=O)NC2CCC(=O)CC2)c1C. The standard InChI is InChI=1S/C15H19NO2/c1-10-4-3-5-14(11(10)2)15(18)16-12-6-8-13(17)9-7-12/h3-5,12H,6-9H2,1-2H3,(H,16,18). The Balaban J connectivity index is 2.03. The molecule has 0 aliphatic heterocycles. The normalized spacial score (nSPS) is 16.7. The Hall–Kier alpha value is -1.64. The predicted molar refractivity (Wildman–Crippen MR) is 70.6 cm³/mol. The first-order valence-electron chi connectivity index (χ1n) is 6.46. The molecule has 1 aromatic carbocycles. The van der Waals surface area contributed by atoms with Crippen molar-refractivity contribution in [1.82, 2.24) is 5.32 Å². The van der Waals surface area contributed by atoms with E-state index >= 15 is 0 Å². The zero-order valence-electron chi connectivity index (χ0n) is 11.0. The lowest BCUT2D eigenvalue weighted by Crippen LogP contribution is -2.38. The Morgan fingerprint density at radius 1 is 1.22 bits per heavy atom. The highest BCUT2D eigenvalue weighted by Gasteiger charge is 2.21. The third kappa shape index (κ3) is 2.78. The second-order valence-electron chi connectivity index (χ2n) is 5.03. The molecule has 0 atom stereocenters. The van der Waals surface area contributed by atoms with Crippen LogP contribution in [0.5, 0.6) is 0 Å². The molecule has 1 aliphatic rings. The Kier molecular flexibility index (Phi) is 3.80. The lowest BCUT2D eigenvalue weighted by molar-refractivity contribution is -0.120. The van der Waals surface area contributed by atoms with Crippen LogP contribution in [-0.2, 0) is 4.79 Å². The molecule has 1 aliphatic carbocycles. The van der Waals surface area contributed by atoms with E-state index in [9.17, 15) is 9.59 Å². The van der Waals surface area contributed by atoms with Crippen LogP contribution in [0, 0.1) is 13.8 Å². The molecule has 0 radical (unpaired) electrons. The van der Waals surface area contributed by atoms with Crippen LogP contribution in [0.4, 0.5) is 0 Å². The van der Waals surface area contributed by atoms with Crippen molar-refractivity contribution in [3.8, 4) is 0 Å². The molecule has 1 N–H and O–H groups in total. The molecule has 1 amide bonds. The van der Waals surface area contributed by atoms with Crippen LogP contribution in [0.25, 0.3) is 0 Å². The molecule has 3 nitrogen and oxygen atoms in total. The van der Waals surface area contributed by atoms with Gasteiger partial charge in [-0.05, 0) is 43.9 Å². The van der Waals surface area contributed by atoms with Gasteiger partial charge in [-0.2, -0.15) is 0 Å². The van der Waals surface area contributed by atoms with Gasteiger partial charge in [0.1, 0.15) is 5.78 Å². The van der Waals surface area contributed by atoms with Gasteiger partial charge in [0.2, 0.25) is 0 Å². The molecular formula is C15H19NO2. The van der Waals surface area contributed by atoms with E-state index in [0.29, 0.717) is 18.6 Å². The van der Waals surface area contributed by atoms with Crippen LogP contribution in [0.2, 0.25) is 0 Å². The van der Waals surface area contributed by atoms with Crippen LogP contribution in [-0.4, -0.2) is 17.7 Å². The maximum Gasteiger partial charge on any atom is 0.251 e. The molecule has 0 heterocycles. The van der Waals surface area contributed by atoms with Crippen molar-refractivity contribution in [3.63, 3.8) is 0 Å². The molecule has 2 rings (SSSR count). The molecule has 0 aromatic heterocycles. The maximum absolute atomic E-state index is 12.2. The average Bonchev–Trinajstić information content (AvgIpc) is 2.35. The minimum Gasteiger partial charge on any atom is -0.349 e. The summed E-state index contributed by atoms with van der Waals surface area (Å²) >= 11 is 0. The van der Waals surface area contributed by atoms with E-state index in [4.69, 9.17) is 0 Å². The lowest BCUT2D eigenvalue weighted by Gasteiger charge is -2.22. The van der Waals surface area contributed by atoms with Gasteiger partial charge in [0.25, 0.3) is 5.91 Å². The zero-order chi connectivity index (χ0) is 13.1. The van der Waals surface area contributed by atoms with Gasteiger partial charge in [-0.15, -0.1) is 0 Å². The van der Waals surface area contributed by atoms with Crippen LogP contribution >= 0.6 is 0 Å². The van der Waals surface area contributed by atoms with E-state index in [1.165, 1.54) is 0 Å². The fourth-order valence-corrected chi connectivity index (χ4v) is 2.34. The van der Waals surface area contributed by atoms with Crippen molar-refractivity contribution in [2.45, 2.75) is 45.6 Å². The van der Waals surface area contributed by atoms with E-state index in [1.807, 2.05) is 32.0 Å². The highest BCUT2D eigenvalue weighted by Crippen LogP contribution is 2.17. The third-order valence-corrected chi connectivity index (χ3v) is 3.73. The predicted octanol–water partition coefficient (Wildman–Crippen LogP) is 2.54. The largest absolute Gasteiger partial charge is 0.349 e. The van der Waals surface area contributed by atoms with Crippen molar-refractivity contribution >= 4 is 11.7 Å². The van der Waals surface area contributed by atoms with E-state index in [2.05, 4.69) is 5.32 Å². The summed E-state index contributed by atoms with van der Waals surface area (Å²) in [6, 6.07) is 5.91. The number of rotatable bonds is 2. The van der Waals surface area contributed by atoms with Crippen molar-refractivity contribution < 1.29 is 9.59 Å². The Morgan fingerprint density at radius 2 is 1.89 bits per heavy atom. The Labute approximate surface area is 108 Å². The van der Waals surface area contributed by atoms with E-state index < -0.39 is 0 Å². The van der Waals surface area contributed by atoms with Gasteiger partial charge in [0, 0.05) is 24.4 Å². The molecule has 1 saturated carbocycles. The van der Waals surface area contributed by atoms with E-state index in [1.54, 1.807) is 0 Å². The zero-order valence-corrected chi connectivity index (χ0v) is 11.0. The van der Waals surface area contributed by atoms with Gasteiger partial charge in [0.15, 0.2) is 0 Å². The average molecular weight is 245 g/mol. The van der Waals surface area contributed by atoms with Crippen molar-refractivity contribution in [2.75, 3.05) is 0 Å². The quantitative estimate of drug-likeness (QED) is 0.870. The third-order valence-electron chi connectivity index (χ3n) is 3.73. The summed E-state index contributed by atoms with van der Waals surface area (Å²) < 4.78 is 0.